The van der Waals surface area contributed by atoms with Gasteiger partial charge < -0.3 is 5.32 Å². The fraction of sp³-hybridized carbons (Fsp3) is 0.118. The Labute approximate surface area is 137 Å². The summed E-state index contributed by atoms with van der Waals surface area (Å²) in [5, 5.41) is 8.46. The van der Waals surface area contributed by atoms with Crippen molar-refractivity contribution in [3.8, 4) is 0 Å². The summed E-state index contributed by atoms with van der Waals surface area (Å²) in [5.41, 5.74) is 1.21. The van der Waals surface area contributed by atoms with Gasteiger partial charge in [-0.15, -0.1) is 0 Å². The zero-order valence-electron chi connectivity index (χ0n) is 12.4. The summed E-state index contributed by atoms with van der Waals surface area (Å²) < 4.78 is 1.14. The van der Waals surface area contributed by atoms with Crippen molar-refractivity contribution in [1.82, 2.24) is 9.78 Å². The average Bonchev–Trinajstić information content (AvgIpc) is 2.53. The molecule has 1 amide bonds. The van der Waals surface area contributed by atoms with Gasteiger partial charge in [0, 0.05) is 5.39 Å². The predicted octanol–water partition coefficient (Wildman–Crippen LogP) is 3.00. The van der Waals surface area contributed by atoms with Gasteiger partial charge in [0.2, 0.25) is 5.91 Å². The Morgan fingerprint density at radius 1 is 1.26 bits per heavy atom. The van der Waals surface area contributed by atoms with Crippen molar-refractivity contribution < 1.29 is 4.79 Å². The lowest BCUT2D eigenvalue weighted by molar-refractivity contribution is -0.117. The summed E-state index contributed by atoms with van der Waals surface area (Å²) in [7, 11) is 0. The molecule has 0 bridgehead atoms. The molecule has 5 nitrogen and oxygen atoms in total. The molecule has 0 atom stereocenters. The quantitative estimate of drug-likeness (QED) is 0.804. The van der Waals surface area contributed by atoms with E-state index in [0.717, 1.165) is 15.6 Å². The van der Waals surface area contributed by atoms with Gasteiger partial charge in [0.05, 0.1) is 22.3 Å². The number of carbonyl (C=O) groups excluding carboxylic acids is 1. The van der Waals surface area contributed by atoms with E-state index in [2.05, 4.69) is 10.4 Å². The molecule has 0 radical (unpaired) electrons. The van der Waals surface area contributed by atoms with Crippen LogP contribution in [0.5, 0.6) is 0 Å². The highest BCUT2D eigenvalue weighted by atomic mass is 35.5. The molecule has 0 fully saturated rings. The monoisotopic (exact) mass is 327 g/mol. The van der Waals surface area contributed by atoms with E-state index in [9.17, 15) is 9.59 Å². The van der Waals surface area contributed by atoms with E-state index in [4.69, 9.17) is 11.6 Å². The lowest BCUT2D eigenvalue weighted by atomic mass is 10.2. The molecular weight excluding hydrogens is 314 g/mol. The Hall–Kier alpha value is -2.66. The molecule has 0 aliphatic heterocycles. The molecule has 0 saturated heterocycles. The molecule has 1 aromatic heterocycles. The van der Waals surface area contributed by atoms with Gasteiger partial charge in [-0.1, -0.05) is 35.9 Å². The lowest BCUT2D eigenvalue weighted by Gasteiger charge is -2.09. The minimum absolute atomic E-state index is 0.173. The summed E-state index contributed by atoms with van der Waals surface area (Å²) in [6.07, 6.45) is 1.57. The lowest BCUT2D eigenvalue weighted by Crippen LogP contribution is -2.29. The van der Waals surface area contributed by atoms with Crippen molar-refractivity contribution in [2.24, 2.45) is 0 Å². The second kappa shape index (κ2) is 6.22. The second-order valence-electron chi connectivity index (χ2n) is 5.23. The van der Waals surface area contributed by atoms with Crippen LogP contribution in [-0.2, 0) is 11.3 Å². The maximum absolute atomic E-state index is 12.3. The first-order valence-electron chi connectivity index (χ1n) is 7.05. The first-order chi connectivity index (χ1) is 11.0. The molecular formula is C17H14ClN3O2. The van der Waals surface area contributed by atoms with Gasteiger partial charge in [0.1, 0.15) is 6.54 Å². The van der Waals surface area contributed by atoms with E-state index >= 15 is 0 Å². The maximum atomic E-state index is 12.3. The number of carbonyl (C=O) groups is 1. The Morgan fingerprint density at radius 3 is 2.83 bits per heavy atom. The number of nitrogens with zero attached hydrogens (tertiary/aromatic N) is 2. The van der Waals surface area contributed by atoms with Crippen molar-refractivity contribution in [3.63, 3.8) is 0 Å². The standard InChI is InChI=1S/C17H14ClN3O2/c1-11-6-7-15(14(18)8-11)20-16(22)10-21-17(23)13-5-3-2-4-12(13)9-19-21/h2-9H,10H2,1H3,(H,20,22). The number of amides is 1. The van der Waals surface area contributed by atoms with Crippen molar-refractivity contribution in [1.29, 1.82) is 0 Å². The summed E-state index contributed by atoms with van der Waals surface area (Å²) in [5.74, 6) is -0.361. The molecule has 0 spiro atoms. The SMILES string of the molecule is Cc1ccc(NC(=O)Cn2ncc3ccccc3c2=O)c(Cl)c1. The van der Waals surface area contributed by atoms with Gasteiger partial charge >= 0.3 is 0 Å². The number of fused-ring (bicyclic) bond motifs is 1. The van der Waals surface area contributed by atoms with Gasteiger partial charge in [-0.05, 0) is 30.7 Å². The van der Waals surface area contributed by atoms with E-state index in [1.807, 2.05) is 19.1 Å². The van der Waals surface area contributed by atoms with Crippen LogP contribution in [0.25, 0.3) is 10.8 Å². The number of benzene rings is 2. The third kappa shape index (κ3) is 3.24. The minimum Gasteiger partial charge on any atom is -0.323 e. The van der Waals surface area contributed by atoms with E-state index in [-0.39, 0.29) is 18.0 Å². The zero-order chi connectivity index (χ0) is 16.4. The molecule has 3 rings (SSSR count). The number of hydrogen-bond acceptors (Lipinski definition) is 3. The van der Waals surface area contributed by atoms with Gasteiger partial charge in [0.25, 0.3) is 5.56 Å². The highest BCUT2D eigenvalue weighted by Gasteiger charge is 2.10. The number of hydrogen-bond donors (Lipinski definition) is 1. The van der Waals surface area contributed by atoms with Gasteiger partial charge in [-0.2, -0.15) is 5.10 Å². The fourth-order valence-electron chi connectivity index (χ4n) is 2.29. The molecule has 2 aromatic carbocycles. The van der Waals surface area contributed by atoms with Crippen molar-refractivity contribution >= 4 is 34.0 Å². The van der Waals surface area contributed by atoms with E-state index in [1.54, 1.807) is 36.5 Å². The van der Waals surface area contributed by atoms with E-state index < -0.39 is 0 Å². The van der Waals surface area contributed by atoms with E-state index in [1.165, 1.54) is 0 Å². The largest absolute Gasteiger partial charge is 0.323 e. The Bertz CT molecular complexity index is 950. The molecule has 23 heavy (non-hydrogen) atoms. The van der Waals surface area contributed by atoms with Crippen LogP contribution in [0.4, 0.5) is 5.69 Å². The Balaban J connectivity index is 1.83. The topological polar surface area (TPSA) is 64.0 Å². The van der Waals surface area contributed by atoms with Crippen LogP contribution in [0.15, 0.2) is 53.5 Å². The fourth-order valence-corrected chi connectivity index (χ4v) is 2.57. The molecule has 0 saturated carbocycles. The molecule has 1 heterocycles. The normalized spacial score (nSPS) is 10.7. The number of halogens is 1. The molecule has 116 valence electrons. The highest BCUT2D eigenvalue weighted by Crippen LogP contribution is 2.22. The summed E-state index contributed by atoms with van der Waals surface area (Å²) in [4.78, 5) is 24.5. The number of rotatable bonds is 3. The Kier molecular flexibility index (Phi) is 4.12. The summed E-state index contributed by atoms with van der Waals surface area (Å²) in [6, 6.07) is 12.5. The van der Waals surface area contributed by atoms with Crippen LogP contribution < -0.4 is 10.9 Å². The predicted molar refractivity (Wildman–Crippen MR) is 90.8 cm³/mol. The Morgan fingerprint density at radius 2 is 2.04 bits per heavy atom. The third-order valence-corrected chi connectivity index (χ3v) is 3.77. The van der Waals surface area contributed by atoms with Crippen LogP contribution in [0.2, 0.25) is 5.02 Å². The smallest absolute Gasteiger partial charge is 0.275 e. The minimum atomic E-state index is -0.361. The van der Waals surface area contributed by atoms with Crippen molar-refractivity contribution in [2.75, 3.05) is 5.32 Å². The summed E-state index contributed by atoms with van der Waals surface area (Å²) >= 11 is 6.09. The number of aromatic nitrogens is 2. The summed E-state index contributed by atoms with van der Waals surface area (Å²) in [6.45, 7) is 1.74. The number of nitrogens with one attached hydrogen (secondary N) is 1. The first kappa shape index (κ1) is 15.2. The third-order valence-electron chi connectivity index (χ3n) is 3.45. The second-order valence-corrected chi connectivity index (χ2v) is 5.63. The van der Waals surface area contributed by atoms with Crippen LogP contribution >= 0.6 is 11.6 Å². The van der Waals surface area contributed by atoms with Crippen LogP contribution in [0.1, 0.15) is 5.56 Å². The van der Waals surface area contributed by atoms with Crippen LogP contribution in [0, 0.1) is 6.92 Å². The average molecular weight is 328 g/mol. The highest BCUT2D eigenvalue weighted by molar-refractivity contribution is 6.33. The van der Waals surface area contributed by atoms with Crippen LogP contribution in [-0.4, -0.2) is 15.7 Å². The van der Waals surface area contributed by atoms with Gasteiger partial charge in [0.15, 0.2) is 0 Å². The van der Waals surface area contributed by atoms with Gasteiger partial charge in [-0.3, -0.25) is 9.59 Å². The first-order valence-corrected chi connectivity index (χ1v) is 7.43. The van der Waals surface area contributed by atoms with Crippen molar-refractivity contribution in [2.45, 2.75) is 13.5 Å². The molecule has 3 aromatic rings. The van der Waals surface area contributed by atoms with Gasteiger partial charge in [-0.25, -0.2) is 4.68 Å². The maximum Gasteiger partial charge on any atom is 0.275 e. The van der Waals surface area contributed by atoms with Crippen LogP contribution in [0.3, 0.4) is 0 Å². The molecule has 0 aliphatic rings. The molecule has 1 N–H and O–H groups in total. The van der Waals surface area contributed by atoms with Crippen molar-refractivity contribution in [3.05, 3.63) is 69.6 Å². The van der Waals surface area contributed by atoms with E-state index in [0.29, 0.717) is 16.1 Å². The molecule has 6 heteroatoms. The number of anilines is 1. The molecule has 0 unspecified atom stereocenters. The molecule has 0 aliphatic carbocycles. The zero-order valence-corrected chi connectivity index (χ0v) is 13.2. The number of aryl methyl sites for hydroxylation is 1.